The standard InChI is InChI=1S/C56H69N13O14S2/c1-5-43(66-52(73)40-14-16-47(62-31-40)67-65-32-39-11-6-7-12-46(39)85(80,81)82)54(75)59-21-10-26-83-25-9-20-58-49(71)18-17-48(70)57-19-8-24-69-34-42(50(72)41-15-13-38(29-45(41)69)30-64-56-60-22-23-61-56)53(74)63-33-44(55(76)77)68-84(78,79)51-36(3)27-35(2)28-37(51)4/h6-7,11-16,22-23,27-29,31,34,43-44,68H,5,8-10,17-21,24-26,30,32-33H2,1-4H3,(H,57,70)(H,58,71)(H,59,75)(H,63,74)(H,66,73)(H,76,77)(H2,60,61,64)(H,80,81,82)/t43?,44-/m0/s1. The lowest BCUT2D eigenvalue weighted by Gasteiger charge is -2.19. The van der Waals surface area contributed by atoms with Crippen LogP contribution in [0.2, 0.25) is 0 Å². The van der Waals surface area contributed by atoms with Gasteiger partial charge in [0.25, 0.3) is 21.9 Å². The number of imidazole rings is 1. The van der Waals surface area contributed by atoms with Crippen LogP contribution in [0.5, 0.6) is 0 Å². The Morgan fingerprint density at radius 3 is 2.12 bits per heavy atom. The average molecular weight is 1210 g/mol. The molecule has 5 amide bonds. The molecule has 3 aromatic carbocycles. The lowest BCUT2D eigenvalue weighted by atomic mass is 10.1. The molecule has 10 N–H and O–H groups in total. The molecule has 85 heavy (non-hydrogen) atoms. The van der Waals surface area contributed by atoms with Gasteiger partial charge in [-0.2, -0.15) is 18.3 Å². The third-order valence-electron chi connectivity index (χ3n) is 13.0. The Morgan fingerprint density at radius 1 is 0.800 bits per heavy atom. The van der Waals surface area contributed by atoms with Crippen LogP contribution in [0.4, 0.5) is 11.8 Å². The van der Waals surface area contributed by atoms with Gasteiger partial charge in [0.2, 0.25) is 33.2 Å². The van der Waals surface area contributed by atoms with Crippen molar-refractivity contribution in [2.75, 3.05) is 44.7 Å². The Balaban J connectivity index is 0.886. The van der Waals surface area contributed by atoms with E-state index in [1.165, 1.54) is 42.7 Å². The van der Waals surface area contributed by atoms with Crippen LogP contribution in [0.25, 0.3) is 10.9 Å². The summed E-state index contributed by atoms with van der Waals surface area (Å²) in [6.07, 6.45) is 7.28. The first-order valence-electron chi connectivity index (χ1n) is 27.1. The summed E-state index contributed by atoms with van der Waals surface area (Å²) in [7, 11) is -8.80. The minimum atomic E-state index is -4.44. The normalized spacial score (nSPS) is 12.3. The minimum absolute atomic E-state index is 0.0728. The lowest BCUT2D eigenvalue weighted by Crippen LogP contribution is -2.49. The van der Waals surface area contributed by atoms with Gasteiger partial charge in [-0.05, 0) is 99.0 Å². The Hall–Kier alpha value is -8.77. The van der Waals surface area contributed by atoms with Gasteiger partial charge in [-0.15, -0.1) is 5.11 Å². The Kier molecular flexibility index (Phi) is 24.0. The van der Waals surface area contributed by atoms with Crippen molar-refractivity contribution in [1.29, 1.82) is 0 Å². The number of carboxylic acids is 1. The number of azo groups is 1. The number of rotatable bonds is 33. The summed E-state index contributed by atoms with van der Waals surface area (Å²) in [6, 6.07) is 14.4. The summed E-state index contributed by atoms with van der Waals surface area (Å²) in [4.78, 5) is 102. The molecule has 6 rings (SSSR count). The van der Waals surface area contributed by atoms with Crippen molar-refractivity contribution in [3.8, 4) is 0 Å². The number of hydrogen-bond acceptors (Lipinski definition) is 17. The summed E-state index contributed by atoms with van der Waals surface area (Å²) in [6.45, 7) is 7.82. The first kappa shape index (κ1) is 65.4. The van der Waals surface area contributed by atoms with Gasteiger partial charge >= 0.3 is 5.97 Å². The zero-order valence-corrected chi connectivity index (χ0v) is 48.9. The fraction of sp³-hybridized carbons (Fsp3) is 0.375. The molecule has 0 aliphatic heterocycles. The molecule has 0 radical (unpaired) electrons. The number of sulfonamides is 1. The van der Waals surface area contributed by atoms with E-state index in [0.717, 1.165) is 11.1 Å². The second kappa shape index (κ2) is 31.2. The number of carboxylic acid groups (broad SMARTS) is 1. The van der Waals surface area contributed by atoms with Crippen molar-refractivity contribution in [1.82, 2.24) is 50.8 Å². The second-order valence-electron chi connectivity index (χ2n) is 19.6. The molecular formula is C56H69N13O14S2. The Morgan fingerprint density at radius 2 is 1.48 bits per heavy atom. The Bertz CT molecular complexity index is 3650. The summed E-state index contributed by atoms with van der Waals surface area (Å²) < 4.78 is 68.9. The molecule has 0 saturated heterocycles. The van der Waals surface area contributed by atoms with Crippen molar-refractivity contribution >= 4 is 78.3 Å². The van der Waals surface area contributed by atoms with Crippen molar-refractivity contribution in [2.24, 2.45) is 10.2 Å². The van der Waals surface area contributed by atoms with Crippen LogP contribution in [0.1, 0.15) is 94.0 Å². The number of ether oxygens (including phenoxy) is 1. The largest absolute Gasteiger partial charge is 0.480 e. The molecule has 27 nitrogen and oxygen atoms in total. The SMILES string of the molecule is CCC(NC(=O)c1ccc(N=NCc2ccccc2S(=O)(=O)O)nc1)C(=O)NCCCOCCCNC(=O)CCC(=O)NCCCn1cc(C(=O)NC[C@H](NS(=O)(=O)c2c(C)cc(C)cc2C)C(=O)O)c(=O)c2ccc(CNc3ncc[nH]3)cc21. The lowest BCUT2D eigenvalue weighted by molar-refractivity contribution is -0.138. The average Bonchev–Trinajstić information content (AvgIpc) is 3.16. The van der Waals surface area contributed by atoms with Gasteiger partial charge in [0.05, 0.1) is 27.4 Å². The number of aromatic amines is 1. The van der Waals surface area contributed by atoms with Gasteiger partial charge in [-0.1, -0.05) is 48.9 Å². The molecule has 2 atom stereocenters. The maximum absolute atomic E-state index is 13.9. The van der Waals surface area contributed by atoms with E-state index < -0.39 is 62.0 Å². The molecular weight excluding hydrogens is 1140 g/mol. The predicted molar refractivity (Wildman–Crippen MR) is 312 cm³/mol. The maximum Gasteiger partial charge on any atom is 0.323 e. The molecule has 0 bridgehead atoms. The van der Waals surface area contributed by atoms with Crippen LogP contribution in [-0.4, -0.2) is 133 Å². The second-order valence-corrected chi connectivity index (χ2v) is 22.7. The molecule has 3 aromatic heterocycles. The zero-order chi connectivity index (χ0) is 61.7. The molecule has 454 valence electrons. The summed E-state index contributed by atoms with van der Waals surface area (Å²) >= 11 is 0. The van der Waals surface area contributed by atoms with E-state index in [2.05, 4.69) is 61.8 Å². The molecule has 0 aliphatic carbocycles. The highest BCUT2D eigenvalue weighted by molar-refractivity contribution is 7.89. The van der Waals surface area contributed by atoms with Gasteiger partial charge in [0.15, 0.2) is 11.8 Å². The van der Waals surface area contributed by atoms with Crippen molar-refractivity contribution < 1.29 is 60.0 Å². The van der Waals surface area contributed by atoms with Crippen molar-refractivity contribution in [2.45, 2.75) is 108 Å². The van der Waals surface area contributed by atoms with E-state index >= 15 is 0 Å². The first-order valence-corrected chi connectivity index (χ1v) is 30.1. The first-order chi connectivity index (χ1) is 40.5. The number of aliphatic carboxylic acids is 1. The fourth-order valence-corrected chi connectivity index (χ4v) is 11.2. The fourth-order valence-electron chi connectivity index (χ4n) is 8.88. The summed E-state index contributed by atoms with van der Waals surface area (Å²) in [5, 5.41) is 34.6. The molecule has 1 unspecified atom stereocenters. The third kappa shape index (κ3) is 19.7. The van der Waals surface area contributed by atoms with Crippen LogP contribution >= 0.6 is 0 Å². The number of hydrogen-bond donors (Lipinski definition) is 10. The quantitative estimate of drug-likeness (QED) is 0.0159. The number of carbonyl (C=O) groups excluding carboxylic acids is 5. The number of aryl methyl sites for hydroxylation is 4. The number of anilines is 1. The minimum Gasteiger partial charge on any atom is -0.480 e. The van der Waals surface area contributed by atoms with Gasteiger partial charge in [0, 0.05) is 95.5 Å². The van der Waals surface area contributed by atoms with Crippen LogP contribution in [-0.2, 0) is 63.7 Å². The molecule has 0 aliphatic rings. The summed E-state index contributed by atoms with van der Waals surface area (Å²) in [5.74, 6) is -3.45. The number of benzene rings is 3. The van der Waals surface area contributed by atoms with Gasteiger partial charge in [-0.25, -0.2) is 18.4 Å². The molecule has 0 fully saturated rings. The molecule has 3 heterocycles. The van der Waals surface area contributed by atoms with Crippen LogP contribution in [0.15, 0.2) is 116 Å². The van der Waals surface area contributed by atoms with Crippen molar-refractivity contribution in [3.63, 3.8) is 0 Å². The van der Waals surface area contributed by atoms with Gasteiger partial charge in [-0.3, -0.25) is 38.1 Å². The molecule has 29 heteroatoms. The monoisotopic (exact) mass is 1210 g/mol. The highest BCUT2D eigenvalue weighted by Gasteiger charge is 2.29. The Labute approximate surface area is 490 Å². The predicted octanol–water partition coefficient (Wildman–Crippen LogP) is 3.87. The van der Waals surface area contributed by atoms with Crippen molar-refractivity contribution in [3.05, 3.63) is 141 Å². The van der Waals surface area contributed by atoms with E-state index in [9.17, 15) is 60.1 Å². The number of carbonyl (C=O) groups is 6. The number of fused-ring (bicyclic) bond motifs is 1. The highest BCUT2D eigenvalue weighted by atomic mass is 32.2. The van der Waals surface area contributed by atoms with Crippen LogP contribution in [0, 0.1) is 20.8 Å². The van der Waals surface area contributed by atoms with E-state index in [0.29, 0.717) is 74.6 Å². The van der Waals surface area contributed by atoms with E-state index in [-0.39, 0.29) is 94.4 Å². The van der Waals surface area contributed by atoms with E-state index in [1.54, 1.807) is 81.1 Å². The smallest absolute Gasteiger partial charge is 0.323 e. The van der Waals surface area contributed by atoms with Crippen LogP contribution < -0.4 is 42.1 Å². The van der Waals surface area contributed by atoms with E-state index in [4.69, 9.17) is 4.74 Å². The number of nitrogens with zero attached hydrogens (tertiary/aromatic N) is 5. The number of amides is 5. The number of H-pyrrole nitrogens is 1. The highest BCUT2D eigenvalue weighted by Crippen LogP contribution is 2.23. The number of nitrogens with one attached hydrogen (secondary N) is 8. The molecule has 0 saturated carbocycles. The maximum atomic E-state index is 13.9. The molecule has 6 aromatic rings. The van der Waals surface area contributed by atoms with Gasteiger partial charge in [0.1, 0.15) is 17.6 Å². The van der Waals surface area contributed by atoms with E-state index in [1.807, 2.05) is 0 Å². The number of pyridine rings is 2. The van der Waals surface area contributed by atoms with Crippen LogP contribution in [0.3, 0.4) is 0 Å². The topological polar surface area (TPSA) is 393 Å². The third-order valence-corrected chi connectivity index (χ3v) is 15.7. The summed E-state index contributed by atoms with van der Waals surface area (Å²) in [5.41, 5.74) is 2.32. The zero-order valence-electron chi connectivity index (χ0n) is 47.3. The van der Waals surface area contributed by atoms with Gasteiger partial charge < -0.3 is 51.3 Å². The number of aromatic nitrogens is 4. The molecule has 0 spiro atoms.